The van der Waals surface area contributed by atoms with Crippen molar-refractivity contribution in [2.24, 2.45) is 5.92 Å². The Kier molecular flexibility index (Phi) is 5.44. The second-order valence-electron chi connectivity index (χ2n) is 7.78. The molecule has 3 aromatic rings. The Bertz CT molecular complexity index is 1180. The van der Waals surface area contributed by atoms with Gasteiger partial charge in [-0.3, -0.25) is 14.4 Å². The molecule has 2 amide bonds. The lowest BCUT2D eigenvalue weighted by molar-refractivity contribution is -0.126. The number of halogens is 1. The molecular weight excluding hydrogens is 444 g/mol. The van der Waals surface area contributed by atoms with Crippen molar-refractivity contribution in [3.05, 3.63) is 83.4 Å². The van der Waals surface area contributed by atoms with E-state index in [1.807, 2.05) is 48.5 Å². The van der Waals surface area contributed by atoms with Crippen LogP contribution in [0.3, 0.4) is 0 Å². The smallest absolute Gasteiger partial charge is 0.266 e. The lowest BCUT2D eigenvalue weighted by atomic mass is 9.90. The summed E-state index contributed by atoms with van der Waals surface area (Å²) < 4.78 is 10.5. The topological polar surface area (TPSA) is 68.3 Å². The van der Waals surface area contributed by atoms with Gasteiger partial charge in [0.25, 0.3) is 5.91 Å². The maximum atomic E-state index is 13.6. The van der Waals surface area contributed by atoms with Crippen LogP contribution in [-0.4, -0.2) is 32.1 Å². The second-order valence-corrected chi connectivity index (χ2v) is 8.22. The lowest BCUT2D eigenvalue weighted by Crippen LogP contribution is -2.37. The van der Waals surface area contributed by atoms with E-state index in [-0.39, 0.29) is 5.91 Å². The highest BCUT2D eigenvalue weighted by atomic mass is 35.5. The quantitative estimate of drug-likeness (QED) is 0.521. The summed E-state index contributed by atoms with van der Waals surface area (Å²) in [4.78, 5) is 34.2. The van der Waals surface area contributed by atoms with Gasteiger partial charge in [0.2, 0.25) is 5.91 Å². The Morgan fingerprint density at radius 3 is 1.88 bits per heavy atom. The van der Waals surface area contributed by atoms with Gasteiger partial charge in [0.1, 0.15) is 17.4 Å². The molecule has 2 aliphatic heterocycles. The number of hydrogen-bond acceptors (Lipinski definition) is 6. The van der Waals surface area contributed by atoms with Crippen molar-refractivity contribution in [2.75, 3.05) is 24.2 Å². The molecule has 0 unspecified atom stereocenters. The van der Waals surface area contributed by atoms with Gasteiger partial charge in [-0.2, -0.15) is 0 Å². The predicted molar refractivity (Wildman–Crippen MR) is 124 cm³/mol. The third-order valence-corrected chi connectivity index (χ3v) is 6.24. The lowest BCUT2D eigenvalue weighted by Gasteiger charge is -2.29. The highest BCUT2D eigenvalue weighted by Crippen LogP contribution is 2.48. The molecule has 5 rings (SSSR count). The SMILES string of the molecule is COc1ccc([C@@H]2[C@H]3C(=O)N(c4ccc(Cl)cc4)C(=O)[C@H]3ON2c2ccc(OC)cc2)cc1. The first-order valence-electron chi connectivity index (χ1n) is 10.4. The van der Waals surface area contributed by atoms with E-state index in [1.165, 1.54) is 4.90 Å². The Labute approximate surface area is 196 Å². The van der Waals surface area contributed by atoms with Crippen molar-refractivity contribution >= 4 is 34.8 Å². The van der Waals surface area contributed by atoms with Crippen LogP contribution in [0, 0.1) is 5.92 Å². The summed E-state index contributed by atoms with van der Waals surface area (Å²) in [5.41, 5.74) is 2.01. The van der Waals surface area contributed by atoms with Gasteiger partial charge in [0.05, 0.1) is 31.6 Å². The summed E-state index contributed by atoms with van der Waals surface area (Å²) in [7, 11) is 3.19. The van der Waals surface area contributed by atoms with Gasteiger partial charge in [-0.25, -0.2) is 9.96 Å². The zero-order valence-corrected chi connectivity index (χ0v) is 18.7. The zero-order chi connectivity index (χ0) is 23.1. The molecule has 3 aromatic carbocycles. The van der Waals surface area contributed by atoms with Gasteiger partial charge in [-0.15, -0.1) is 0 Å². The molecule has 168 valence electrons. The van der Waals surface area contributed by atoms with Gasteiger partial charge in [0, 0.05) is 5.02 Å². The molecule has 0 spiro atoms. The van der Waals surface area contributed by atoms with E-state index in [4.69, 9.17) is 25.9 Å². The normalized spacial score (nSPS) is 22.0. The number of carbonyl (C=O) groups excluding carboxylic acids is 2. The van der Waals surface area contributed by atoms with Crippen LogP contribution < -0.4 is 19.4 Å². The summed E-state index contributed by atoms with van der Waals surface area (Å²) in [5, 5.41) is 2.17. The number of hydrogen-bond donors (Lipinski definition) is 0. The molecule has 8 heteroatoms. The molecule has 7 nitrogen and oxygen atoms in total. The fourth-order valence-electron chi connectivity index (χ4n) is 4.35. The highest BCUT2D eigenvalue weighted by Gasteiger charge is 2.60. The second kappa shape index (κ2) is 8.42. The summed E-state index contributed by atoms with van der Waals surface area (Å²) in [6, 6.07) is 20.8. The number of benzene rings is 3. The Hall–Kier alpha value is -3.55. The number of rotatable bonds is 5. The van der Waals surface area contributed by atoms with Gasteiger partial charge in [-0.05, 0) is 66.2 Å². The largest absolute Gasteiger partial charge is 0.497 e. The monoisotopic (exact) mass is 464 g/mol. The van der Waals surface area contributed by atoms with Gasteiger partial charge < -0.3 is 9.47 Å². The van der Waals surface area contributed by atoms with E-state index in [1.54, 1.807) is 43.5 Å². The van der Waals surface area contributed by atoms with Crippen molar-refractivity contribution < 1.29 is 23.9 Å². The Morgan fingerprint density at radius 2 is 1.30 bits per heavy atom. The molecule has 2 heterocycles. The molecule has 33 heavy (non-hydrogen) atoms. The molecule has 2 fully saturated rings. The number of anilines is 2. The average molecular weight is 465 g/mol. The minimum atomic E-state index is -0.942. The fraction of sp³-hybridized carbons (Fsp3) is 0.200. The molecule has 0 bridgehead atoms. The predicted octanol–water partition coefficient (Wildman–Crippen LogP) is 4.41. The van der Waals surface area contributed by atoms with Crippen molar-refractivity contribution in [3.63, 3.8) is 0 Å². The van der Waals surface area contributed by atoms with E-state index in [0.29, 0.717) is 27.9 Å². The summed E-state index contributed by atoms with van der Waals surface area (Å²) >= 11 is 5.98. The number of imide groups is 1. The molecule has 0 saturated carbocycles. The molecule has 2 saturated heterocycles. The van der Waals surface area contributed by atoms with Gasteiger partial charge >= 0.3 is 0 Å². The number of nitrogens with zero attached hydrogens (tertiary/aromatic N) is 2. The Balaban J connectivity index is 1.56. The molecule has 2 aliphatic rings. The fourth-order valence-corrected chi connectivity index (χ4v) is 4.48. The van der Waals surface area contributed by atoms with Crippen LogP contribution >= 0.6 is 11.6 Å². The summed E-state index contributed by atoms with van der Waals surface area (Å²) in [6.45, 7) is 0. The summed E-state index contributed by atoms with van der Waals surface area (Å²) in [6.07, 6.45) is -0.942. The van der Waals surface area contributed by atoms with E-state index in [2.05, 4.69) is 0 Å². The third kappa shape index (κ3) is 3.59. The first kappa shape index (κ1) is 21.3. The molecule has 3 atom stereocenters. The minimum absolute atomic E-state index is 0.316. The minimum Gasteiger partial charge on any atom is -0.497 e. The number of ether oxygens (including phenoxy) is 2. The third-order valence-electron chi connectivity index (χ3n) is 5.98. The molecule has 0 radical (unpaired) electrons. The van der Waals surface area contributed by atoms with E-state index in [0.717, 1.165) is 5.56 Å². The number of hydroxylamine groups is 1. The van der Waals surface area contributed by atoms with E-state index in [9.17, 15) is 9.59 Å². The number of amides is 2. The standard InChI is InChI=1S/C25H21ClN2O5/c1-31-19-11-3-15(4-12-19)22-21-23(33-28(22)18-9-13-20(32-2)14-10-18)25(30)27(24(21)29)17-7-5-16(26)6-8-17/h3-14,21-23H,1-2H3/t21-,22-,23+/m1/s1. The van der Waals surface area contributed by atoms with Gasteiger partial charge in [-0.1, -0.05) is 23.7 Å². The Morgan fingerprint density at radius 1 is 0.758 bits per heavy atom. The number of fused-ring (bicyclic) bond motifs is 1. The molecule has 0 N–H and O–H groups in total. The van der Waals surface area contributed by atoms with Crippen LogP contribution in [0.2, 0.25) is 5.02 Å². The van der Waals surface area contributed by atoms with Crippen LogP contribution in [0.4, 0.5) is 11.4 Å². The first-order chi connectivity index (χ1) is 16.0. The average Bonchev–Trinajstić information content (AvgIpc) is 3.36. The highest BCUT2D eigenvalue weighted by molar-refractivity contribution is 6.31. The van der Waals surface area contributed by atoms with Crippen LogP contribution in [0.5, 0.6) is 11.5 Å². The molecular formula is C25H21ClN2O5. The number of carbonyl (C=O) groups is 2. The van der Waals surface area contributed by atoms with Crippen molar-refractivity contribution in [2.45, 2.75) is 12.1 Å². The maximum absolute atomic E-state index is 13.6. The van der Waals surface area contributed by atoms with Crippen LogP contribution in [0.15, 0.2) is 72.8 Å². The number of methoxy groups -OCH3 is 2. The molecule has 0 aromatic heterocycles. The van der Waals surface area contributed by atoms with E-state index >= 15 is 0 Å². The zero-order valence-electron chi connectivity index (χ0n) is 18.0. The van der Waals surface area contributed by atoms with E-state index < -0.39 is 24.0 Å². The van der Waals surface area contributed by atoms with Crippen LogP contribution in [0.1, 0.15) is 11.6 Å². The molecule has 0 aliphatic carbocycles. The van der Waals surface area contributed by atoms with Crippen molar-refractivity contribution in [1.82, 2.24) is 0 Å². The van der Waals surface area contributed by atoms with Crippen LogP contribution in [0.25, 0.3) is 0 Å². The first-order valence-corrected chi connectivity index (χ1v) is 10.8. The van der Waals surface area contributed by atoms with Crippen LogP contribution in [-0.2, 0) is 14.4 Å². The van der Waals surface area contributed by atoms with Crippen molar-refractivity contribution in [3.8, 4) is 11.5 Å². The van der Waals surface area contributed by atoms with Crippen molar-refractivity contribution in [1.29, 1.82) is 0 Å². The summed E-state index contributed by atoms with van der Waals surface area (Å²) in [5.74, 6) is -0.0447. The maximum Gasteiger partial charge on any atom is 0.266 e. The van der Waals surface area contributed by atoms with Gasteiger partial charge in [0.15, 0.2) is 6.10 Å².